The van der Waals surface area contributed by atoms with E-state index in [1.54, 1.807) is 12.3 Å². The predicted octanol–water partition coefficient (Wildman–Crippen LogP) is 0.353. The van der Waals surface area contributed by atoms with Crippen LogP contribution in [0.3, 0.4) is 0 Å². The van der Waals surface area contributed by atoms with Crippen molar-refractivity contribution in [2.45, 2.75) is 13.5 Å². The van der Waals surface area contributed by atoms with E-state index in [4.69, 9.17) is 0 Å². The van der Waals surface area contributed by atoms with Crippen molar-refractivity contribution in [3.05, 3.63) is 22.7 Å². The molecule has 5 nitrogen and oxygen atoms in total. The Morgan fingerprint density at radius 1 is 1.50 bits per heavy atom. The third-order valence-corrected chi connectivity index (χ3v) is 2.47. The number of rotatable bonds is 2. The van der Waals surface area contributed by atoms with Crippen LogP contribution in [0.25, 0.3) is 0 Å². The van der Waals surface area contributed by atoms with Gasteiger partial charge in [0.1, 0.15) is 0 Å². The molecule has 2 amide bonds. The monoisotopic (exact) mass is 209 g/mol. The van der Waals surface area contributed by atoms with Gasteiger partial charge in [-0.25, -0.2) is 0 Å². The van der Waals surface area contributed by atoms with Crippen LogP contribution in [-0.2, 0) is 16.1 Å². The molecule has 0 N–H and O–H groups in total. The Labute approximate surface area is 84.2 Å². The molecule has 1 aliphatic heterocycles. The summed E-state index contributed by atoms with van der Waals surface area (Å²) >= 11 is 1.20. The lowest BCUT2D eigenvalue weighted by atomic mass is 10.3. The van der Waals surface area contributed by atoms with Crippen LogP contribution in [0.2, 0.25) is 0 Å². The molecule has 1 aliphatic rings. The van der Waals surface area contributed by atoms with Gasteiger partial charge in [0.15, 0.2) is 0 Å². The van der Waals surface area contributed by atoms with E-state index in [1.807, 2.05) is 0 Å². The predicted molar refractivity (Wildman–Crippen MR) is 49.2 cm³/mol. The fourth-order valence-corrected chi connectivity index (χ4v) is 1.64. The molecule has 0 aromatic carbocycles. The van der Waals surface area contributed by atoms with E-state index in [2.05, 4.69) is 9.59 Å². The third-order valence-electron chi connectivity index (χ3n) is 1.91. The molecule has 2 rings (SSSR count). The summed E-state index contributed by atoms with van der Waals surface area (Å²) in [5, 5.41) is 5.49. The second-order valence-electron chi connectivity index (χ2n) is 2.95. The highest BCUT2D eigenvalue weighted by Crippen LogP contribution is 2.14. The Bertz CT molecular complexity index is 410. The number of hydrogen-bond donors (Lipinski definition) is 0. The van der Waals surface area contributed by atoms with Crippen LogP contribution < -0.4 is 0 Å². The Morgan fingerprint density at radius 3 is 2.79 bits per heavy atom. The van der Waals surface area contributed by atoms with Crippen molar-refractivity contribution in [2.24, 2.45) is 0 Å². The van der Waals surface area contributed by atoms with Gasteiger partial charge in [-0.1, -0.05) is 4.49 Å². The zero-order valence-electron chi connectivity index (χ0n) is 7.43. The molecular weight excluding hydrogens is 202 g/mol. The van der Waals surface area contributed by atoms with Crippen molar-refractivity contribution in [3.63, 3.8) is 0 Å². The molecule has 0 radical (unpaired) electrons. The lowest BCUT2D eigenvalue weighted by Crippen LogP contribution is -2.30. The number of nitrogens with zero attached hydrogens (tertiary/aromatic N) is 3. The number of carbonyl (C=O) groups is 2. The van der Waals surface area contributed by atoms with Crippen molar-refractivity contribution >= 4 is 23.3 Å². The molecule has 72 valence electrons. The molecular formula is C8H7N3O2S. The number of amides is 2. The maximum absolute atomic E-state index is 11.4. The van der Waals surface area contributed by atoms with E-state index in [-0.39, 0.29) is 18.4 Å². The fraction of sp³-hybridized carbons (Fsp3) is 0.250. The molecule has 0 fully saturated rings. The summed E-state index contributed by atoms with van der Waals surface area (Å²) in [6, 6.07) is 0. The minimum absolute atomic E-state index is 0.210. The Balaban J connectivity index is 2.15. The zero-order chi connectivity index (χ0) is 10.1. The summed E-state index contributed by atoms with van der Waals surface area (Å²) in [7, 11) is 0. The zero-order valence-corrected chi connectivity index (χ0v) is 8.24. The van der Waals surface area contributed by atoms with Crippen LogP contribution in [0, 0.1) is 0 Å². The molecule has 0 spiro atoms. The van der Waals surface area contributed by atoms with Gasteiger partial charge in [0.05, 0.1) is 12.2 Å². The average molecular weight is 209 g/mol. The average Bonchev–Trinajstić information content (AvgIpc) is 2.71. The van der Waals surface area contributed by atoms with Crippen LogP contribution in [-0.4, -0.2) is 26.3 Å². The van der Waals surface area contributed by atoms with E-state index in [9.17, 15) is 9.59 Å². The van der Waals surface area contributed by atoms with Crippen molar-refractivity contribution in [1.29, 1.82) is 0 Å². The number of hydrogen-bond acceptors (Lipinski definition) is 5. The Hall–Kier alpha value is -1.56. The van der Waals surface area contributed by atoms with Gasteiger partial charge in [0.2, 0.25) is 0 Å². The highest BCUT2D eigenvalue weighted by molar-refractivity contribution is 7.03. The van der Waals surface area contributed by atoms with E-state index >= 15 is 0 Å². The molecule has 0 aliphatic carbocycles. The Kier molecular flexibility index (Phi) is 2.12. The normalized spacial score (nSPS) is 16.4. The number of carbonyl (C=O) groups excluding carboxylic acids is 2. The first-order chi connectivity index (χ1) is 6.68. The topological polar surface area (TPSA) is 63.2 Å². The van der Waals surface area contributed by atoms with Crippen LogP contribution in [0.5, 0.6) is 0 Å². The van der Waals surface area contributed by atoms with Crippen molar-refractivity contribution in [3.8, 4) is 0 Å². The largest absolute Gasteiger partial charge is 0.269 e. The van der Waals surface area contributed by atoms with E-state index in [1.165, 1.54) is 17.6 Å². The van der Waals surface area contributed by atoms with E-state index in [0.717, 1.165) is 4.90 Å². The summed E-state index contributed by atoms with van der Waals surface area (Å²) in [5.41, 5.74) is 1.11. The minimum atomic E-state index is -0.277. The third kappa shape index (κ3) is 1.44. The molecule has 6 heteroatoms. The van der Waals surface area contributed by atoms with Crippen LogP contribution in [0.1, 0.15) is 12.6 Å². The summed E-state index contributed by atoms with van der Waals surface area (Å²) in [6.07, 6.45) is 1.34. The van der Waals surface area contributed by atoms with Crippen LogP contribution in [0.15, 0.2) is 17.0 Å². The quantitative estimate of drug-likeness (QED) is 0.659. The summed E-state index contributed by atoms with van der Waals surface area (Å²) in [4.78, 5) is 23.9. The maximum atomic E-state index is 11.4. The maximum Gasteiger partial charge on any atom is 0.256 e. The lowest BCUT2D eigenvalue weighted by Gasteiger charge is -2.11. The van der Waals surface area contributed by atoms with Crippen LogP contribution in [0.4, 0.5) is 0 Å². The van der Waals surface area contributed by atoms with Crippen molar-refractivity contribution < 1.29 is 9.59 Å². The summed E-state index contributed by atoms with van der Waals surface area (Å²) in [6.45, 7) is 1.83. The number of imide groups is 1. The van der Waals surface area contributed by atoms with Gasteiger partial charge in [-0.3, -0.25) is 14.5 Å². The first kappa shape index (κ1) is 9.01. The molecule has 1 aromatic heterocycles. The molecule has 14 heavy (non-hydrogen) atoms. The molecule has 0 atom stereocenters. The highest BCUT2D eigenvalue weighted by Gasteiger charge is 2.28. The molecule has 0 bridgehead atoms. The fourth-order valence-electron chi connectivity index (χ4n) is 1.20. The van der Waals surface area contributed by atoms with Crippen molar-refractivity contribution in [2.75, 3.05) is 0 Å². The van der Waals surface area contributed by atoms with Gasteiger partial charge in [-0.2, -0.15) is 0 Å². The van der Waals surface area contributed by atoms with Gasteiger partial charge in [-0.15, -0.1) is 5.10 Å². The van der Waals surface area contributed by atoms with E-state index < -0.39 is 0 Å². The van der Waals surface area contributed by atoms with Crippen molar-refractivity contribution in [1.82, 2.24) is 14.5 Å². The van der Waals surface area contributed by atoms with Gasteiger partial charge >= 0.3 is 0 Å². The summed E-state index contributed by atoms with van der Waals surface area (Å²) in [5.74, 6) is -0.525. The van der Waals surface area contributed by atoms with Gasteiger partial charge < -0.3 is 0 Å². The number of aromatic nitrogens is 2. The SMILES string of the molecule is CC1=CC(=O)N(Cc2csnn2)C1=O. The molecule has 0 saturated heterocycles. The van der Waals surface area contributed by atoms with Gasteiger partial charge in [0.25, 0.3) is 11.8 Å². The molecule has 1 aromatic rings. The molecule has 0 saturated carbocycles. The van der Waals surface area contributed by atoms with Gasteiger partial charge in [0, 0.05) is 17.0 Å². The first-order valence-electron chi connectivity index (χ1n) is 3.98. The smallest absolute Gasteiger partial charge is 0.256 e. The van der Waals surface area contributed by atoms with E-state index in [0.29, 0.717) is 11.3 Å². The first-order valence-corrected chi connectivity index (χ1v) is 4.82. The van der Waals surface area contributed by atoms with Gasteiger partial charge in [-0.05, 0) is 18.5 Å². The minimum Gasteiger partial charge on any atom is -0.269 e. The highest BCUT2D eigenvalue weighted by atomic mass is 32.1. The second-order valence-corrected chi connectivity index (χ2v) is 3.56. The standard InChI is InChI=1S/C8H7N3O2S/c1-5-2-7(12)11(8(5)13)3-6-4-14-10-9-6/h2,4H,3H2,1H3. The lowest BCUT2D eigenvalue weighted by molar-refractivity contribution is -0.137. The molecule has 0 unspecified atom stereocenters. The summed E-state index contributed by atoms with van der Waals surface area (Å²) < 4.78 is 3.66. The molecule has 2 heterocycles. The second kappa shape index (κ2) is 3.30. The Morgan fingerprint density at radius 2 is 2.29 bits per heavy atom. The van der Waals surface area contributed by atoms with Crippen LogP contribution >= 0.6 is 11.5 Å².